The van der Waals surface area contributed by atoms with Crippen LogP contribution in [0.15, 0.2) is 85.5 Å². The molecule has 2 aromatic carbocycles. The van der Waals surface area contributed by atoms with Gasteiger partial charge in [-0.15, -0.1) is 6.58 Å². The fourth-order valence-corrected chi connectivity index (χ4v) is 2.13. The number of hydrogen-bond acceptors (Lipinski definition) is 1. The Hall–Kier alpha value is -2.12. The maximum absolute atomic E-state index is 10.2. The molecule has 1 N–H and O–H groups in total. The lowest BCUT2D eigenvalue weighted by Crippen LogP contribution is -2.15. The molecule has 0 radical (unpaired) electrons. The summed E-state index contributed by atoms with van der Waals surface area (Å²) in [6.45, 7) is 6.01. The van der Waals surface area contributed by atoms with Gasteiger partial charge in [0.1, 0.15) is 0 Å². The number of allylic oxidation sites excluding steroid dienone is 2. The first kappa shape index (κ1) is 14.3. The molecule has 102 valence electrons. The van der Waals surface area contributed by atoms with Crippen molar-refractivity contribution in [1.82, 2.24) is 0 Å². The maximum atomic E-state index is 10.2. The summed E-state index contributed by atoms with van der Waals surface area (Å²) in [6, 6.07) is 19.8. The summed E-state index contributed by atoms with van der Waals surface area (Å²) in [6.07, 6.45) is 5.13. The van der Waals surface area contributed by atoms with Crippen molar-refractivity contribution in [2.24, 2.45) is 0 Å². The Balaban J connectivity index is 2.22. The van der Waals surface area contributed by atoms with Crippen LogP contribution in [-0.2, 0) is 5.41 Å². The fourth-order valence-electron chi connectivity index (χ4n) is 2.13. The molecule has 0 heterocycles. The zero-order valence-corrected chi connectivity index (χ0v) is 11.7. The molecule has 0 bridgehead atoms. The van der Waals surface area contributed by atoms with Crippen LogP contribution in [0.2, 0.25) is 0 Å². The first-order chi connectivity index (χ1) is 9.65. The molecule has 2 rings (SSSR count). The Morgan fingerprint density at radius 2 is 1.55 bits per heavy atom. The molecule has 0 aromatic heterocycles. The normalized spacial score (nSPS) is 15.7. The van der Waals surface area contributed by atoms with Crippen LogP contribution >= 0.6 is 0 Å². The minimum Gasteiger partial charge on any atom is -0.384 e. The van der Waals surface area contributed by atoms with Gasteiger partial charge >= 0.3 is 0 Å². The highest BCUT2D eigenvalue weighted by molar-refractivity contribution is 5.36. The summed E-state index contributed by atoms with van der Waals surface area (Å²) in [7, 11) is 0. The second kappa shape index (κ2) is 6.36. The first-order valence-electron chi connectivity index (χ1n) is 6.77. The van der Waals surface area contributed by atoms with Gasteiger partial charge in [0.2, 0.25) is 0 Å². The topological polar surface area (TPSA) is 20.2 Å². The second-order valence-electron chi connectivity index (χ2n) is 5.07. The van der Waals surface area contributed by atoms with Gasteiger partial charge < -0.3 is 5.11 Å². The third-order valence-corrected chi connectivity index (χ3v) is 3.59. The molecule has 0 fully saturated rings. The average Bonchev–Trinajstić information content (AvgIpc) is 2.54. The predicted octanol–water partition coefficient (Wildman–Crippen LogP) is 4.42. The van der Waals surface area contributed by atoms with Crippen molar-refractivity contribution < 1.29 is 5.11 Å². The minimum absolute atomic E-state index is 0.281. The summed E-state index contributed by atoms with van der Waals surface area (Å²) in [5, 5.41) is 10.2. The summed E-state index contributed by atoms with van der Waals surface area (Å²) in [5.74, 6) is 0. The fraction of sp³-hybridized carbons (Fsp3) is 0.158. The first-order valence-corrected chi connectivity index (χ1v) is 6.77. The maximum Gasteiger partial charge on any atom is 0.0972 e. The molecule has 0 saturated heterocycles. The van der Waals surface area contributed by atoms with Crippen molar-refractivity contribution in [3.8, 4) is 0 Å². The largest absolute Gasteiger partial charge is 0.384 e. The van der Waals surface area contributed by atoms with Crippen LogP contribution < -0.4 is 0 Å². The number of benzene rings is 2. The van der Waals surface area contributed by atoms with E-state index in [1.165, 1.54) is 0 Å². The highest BCUT2D eigenvalue weighted by atomic mass is 16.3. The van der Waals surface area contributed by atoms with Crippen molar-refractivity contribution in [2.45, 2.75) is 18.4 Å². The molecular formula is C19H20O. The Morgan fingerprint density at radius 3 is 2.10 bits per heavy atom. The van der Waals surface area contributed by atoms with Gasteiger partial charge in [-0.25, -0.2) is 0 Å². The summed E-state index contributed by atoms with van der Waals surface area (Å²) in [4.78, 5) is 0. The van der Waals surface area contributed by atoms with E-state index < -0.39 is 6.10 Å². The zero-order chi connectivity index (χ0) is 14.4. The Kier molecular flexibility index (Phi) is 4.54. The van der Waals surface area contributed by atoms with Gasteiger partial charge in [-0.05, 0) is 18.1 Å². The van der Waals surface area contributed by atoms with Gasteiger partial charge in [0, 0.05) is 5.41 Å². The summed E-state index contributed by atoms with van der Waals surface area (Å²) < 4.78 is 0. The van der Waals surface area contributed by atoms with Gasteiger partial charge in [0.05, 0.1) is 6.10 Å². The van der Waals surface area contributed by atoms with Crippen LogP contribution in [0.1, 0.15) is 24.2 Å². The van der Waals surface area contributed by atoms with Crippen LogP contribution in [0.25, 0.3) is 0 Å². The van der Waals surface area contributed by atoms with E-state index in [2.05, 4.69) is 25.6 Å². The Morgan fingerprint density at radius 1 is 1.00 bits per heavy atom. The van der Waals surface area contributed by atoms with Crippen LogP contribution in [0.5, 0.6) is 0 Å². The molecule has 1 heteroatoms. The van der Waals surface area contributed by atoms with Crippen molar-refractivity contribution in [2.75, 3.05) is 0 Å². The molecule has 2 atom stereocenters. The molecule has 2 aromatic rings. The molecule has 0 aliphatic heterocycles. The molecule has 0 amide bonds. The highest BCUT2D eigenvalue weighted by Crippen LogP contribution is 2.28. The molecular weight excluding hydrogens is 244 g/mol. The highest BCUT2D eigenvalue weighted by Gasteiger charge is 2.19. The molecule has 0 saturated carbocycles. The van der Waals surface area contributed by atoms with Crippen LogP contribution in [0.4, 0.5) is 0 Å². The molecule has 0 spiro atoms. The van der Waals surface area contributed by atoms with Crippen LogP contribution in [0, 0.1) is 0 Å². The van der Waals surface area contributed by atoms with Gasteiger partial charge in [0.15, 0.2) is 0 Å². The molecule has 0 aliphatic carbocycles. The molecule has 20 heavy (non-hydrogen) atoms. The number of rotatable bonds is 5. The van der Waals surface area contributed by atoms with E-state index in [0.29, 0.717) is 0 Å². The summed E-state index contributed by atoms with van der Waals surface area (Å²) in [5.41, 5.74) is 1.77. The van der Waals surface area contributed by atoms with E-state index in [1.54, 1.807) is 0 Å². The monoisotopic (exact) mass is 264 g/mol. The lowest BCUT2D eigenvalue weighted by molar-refractivity contribution is 0.228. The average molecular weight is 264 g/mol. The van der Waals surface area contributed by atoms with Gasteiger partial charge in [0.25, 0.3) is 0 Å². The number of aliphatic hydroxyl groups is 1. The molecule has 0 unspecified atom stereocenters. The lowest BCUT2D eigenvalue weighted by atomic mass is 9.82. The van der Waals surface area contributed by atoms with E-state index in [4.69, 9.17) is 0 Å². The van der Waals surface area contributed by atoms with Crippen molar-refractivity contribution >= 4 is 0 Å². The van der Waals surface area contributed by atoms with E-state index >= 15 is 0 Å². The molecule has 1 nitrogen and oxygen atoms in total. The predicted molar refractivity (Wildman–Crippen MR) is 84.5 cm³/mol. The SMILES string of the molecule is C=C[C@](C)(/C=C\[C@@H](O)c1ccccc1)c1ccccc1. The van der Waals surface area contributed by atoms with E-state index in [9.17, 15) is 5.11 Å². The molecule has 0 aliphatic rings. The third-order valence-electron chi connectivity index (χ3n) is 3.59. The standard InChI is InChI=1S/C19H20O/c1-3-19(2,17-12-8-5-9-13-17)15-14-18(20)16-10-6-4-7-11-16/h3-15,18,20H,1H2,2H3/b15-14-/t18-,19-/m1/s1. The third kappa shape index (κ3) is 3.25. The summed E-state index contributed by atoms with van der Waals surface area (Å²) >= 11 is 0. The Bertz CT molecular complexity index is 571. The van der Waals surface area contributed by atoms with Crippen LogP contribution in [0.3, 0.4) is 0 Å². The lowest BCUT2D eigenvalue weighted by Gasteiger charge is -2.22. The van der Waals surface area contributed by atoms with Gasteiger partial charge in [-0.1, -0.05) is 78.9 Å². The quantitative estimate of drug-likeness (QED) is 0.793. The van der Waals surface area contributed by atoms with Gasteiger partial charge in [-0.2, -0.15) is 0 Å². The van der Waals surface area contributed by atoms with Crippen molar-refractivity contribution in [3.63, 3.8) is 0 Å². The van der Waals surface area contributed by atoms with E-state index in [0.717, 1.165) is 11.1 Å². The smallest absolute Gasteiger partial charge is 0.0972 e. The van der Waals surface area contributed by atoms with E-state index in [-0.39, 0.29) is 5.41 Å². The van der Waals surface area contributed by atoms with Crippen LogP contribution in [-0.4, -0.2) is 5.11 Å². The van der Waals surface area contributed by atoms with Crippen molar-refractivity contribution in [1.29, 1.82) is 0 Å². The zero-order valence-electron chi connectivity index (χ0n) is 11.7. The minimum atomic E-state index is -0.598. The van der Waals surface area contributed by atoms with E-state index in [1.807, 2.05) is 66.8 Å². The van der Waals surface area contributed by atoms with Gasteiger partial charge in [-0.3, -0.25) is 0 Å². The Labute approximate surface area is 120 Å². The van der Waals surface area contributed by atoms with Crippen molar-refractivity contribution in [3.05, 3.63) is 96.6 Å². The second-order valence-corrected chi connectivity index (χ2v) is 5.07. The number of aliphatic hydroxyl groups excluding tert-OH is 1. The number of hydrogen-bond donors (Lipinski definition) is 1.